The molecule has 0 spiro atoms. The number of carbonyl (C=O) groups is 1. The van der Waals surface area contributed by atoms with E-state index in [2.05, 4.69) is 30.5 Å². The number of aryl methyl sites for hydroxylation is 2. The van der Waals surface area contributed by atoms with Crippen molar-refractivity contribution in [2.24, 2.45) is 7.05 Å². The number of likely N-dealkylation sites (tertiary alicyclic amines) is 1. The molecule has 1 aliphatic heterocycles. The van der Waals surface area contributed by atoms with Crippen molar-refractivity contribution in [1.29, 1.82) is 0 Å². The summed E-state index contributed by atoms with van der Waals surface area (Å²) in [6.45, 7) is 4.01. The quantitative estimate of drug-likeness (QED) is 0.866. The van der Waals surface area contributed by atoms with Crippen molar-refractivity contribution in [3.05, 3.63) is 23.9 Å². The van der Waals surface area contributed by atoms with E-state index in [1.165, 1.54) is 0 Å². The minimum Gasteiger partial charge on any atom is -0.308 e. The number of nitrogens with one attached hydrogen (secondary N) is 2. The Balaban J connectivity index is 1.54. The Morgan fingerprint density at radius 2 is 2.41 bits per heavy atom. The lowest BCUT2D eigenvalue weighted by molar-refractivity contribution is -0.117. The molecule has 2 aromatic rings. The van der Waals surface area contributed by atoms with Gasteiger partial charge in [0.15, 0.2) is 11.6 Å². The summed E-state index contributed by atoms with van der Waals surface area (Å²) >= 11 is 0. The summed E-state index contributed by atoms with van der Waals surface area (Å²) in [5, 5.41) is 14.1. The van der Waals surface area contributed by atoms with Crippen LogP contribution in [0.1, 0.15) is 30.4 Å². The summed E-state index contributed by atoms with van der Waals surface area (Å²) in [6.07, 6.45) is 3.92. The minimum absolute atomic E-state index is 0.0366. The summed E-state index contributed by atoms with van der Waals surface area (Å²) < 4.78 is 1.66. The number of hydrogen-bond acceptors (Lipinski definition) is 5. The number of piperidine rings is 1. The Hall–Kier alpha value is -2.22. The summed E-state index contributed by atoms with van der Waals surface area (Å²) in [7, 11) is 1.82. The van der Waals surface area contributed by atoms with Gasteiger partial charge in [0.2, 0.25) is 5.91 Å². The predicted molar refractivity (Wildman–Crippen MR) is 81.4 cm³/mol. The number of hydrogen-bond donors (Lipinski definition) is 2. The van der Waals surface area contributed by atoms with E-state index in [1.54, 1.807) is 16.9 Å². The van der Waals surface area contributed by atoms with Crippen LogP contribution in [0.15, 0.2) is 12.3 Å². The molecular weight excluding hydrogens is 282 g/mol. The first kappa shape index (κ1) is 14.7. The standard InChI is InChI=1S/C14H21N7O/c1-10-15-14(18-17-10)11-4-3-6-21(8-11)9-13(22)16-12-5-7-20(2)19-12/h5,7,11H,3-4,6,8-9H2,1-2H3,(H,15,17,18)(H,16,19,22)/t11-/m1/s1. The lowest BCUT2D eigenvalue weighted by Crippen LogP contribution is -2.40. The lowest BCUT2D eigenvalue weighted by atomic mass is 9.97. The molecular formula is C14H21N7O. The van der Waals surface area contributed by atoms with Crippen LogP contribution in [0.2, 0.25) is 0 Å². The zero-order valence-corrected chi connectivity index (χ0v) is 12.9. The molecule has 0 saturated carbocycles. The van der Waals surface area contributed by atoms with Gasteiger partial charge in [-0.15, -0.1) is 0 Å². The second-order valence-electron chi connectivity index (χ2n) is 5.78. The molecule has 0 radical (unpaired) electrons. The van der Waals surface area contributed by atoms with Gasteiger partial charge in [-0.2, -0.15) is 10.2 Å². The van der Waals surface area contributed by atoms with Crippen molar-refractivity contribution in [3.8, 4) is 0 Å². The third-order valence-corrected chi connectivity index (χ3v) is 3.83. The maximum Gasteiger partial charge on any atom is 0.239 e. The molecule has 22 heavy (non-hydrogen) atoms. The van der Waals surface area contributed by atoms with Gasteiger partial charge < -0.3 is 5.32 Å². The van der Waals surface area contributed by atoms with E-state index >= 15 is 0 Å². The lowest BCUT2D eigenvalue weighted by Gasteiger charge is -2.30. The van der Waals surface area contributed by atoms with Crippen LogP contribution in [-0.2, 0) is 11.8 Å². The number of rotatable bonds is 4. The van der Waals surface area contributed by atoms with Crippen LogP contribution in [0.3, 0.4) is 0 Å². The molecule has 118 valence electrons. The fourth-order valence-electron chi connectivity index (χ4n) is 2.82. The van der Waals surface area contributed by atoms with Crippen LogP contribution >= 0.6 is 0 Å². The highest BCUT2D eigenvalue weighted by Crippen LogP contribution is 2.24. The zero-order valence-electron chi connectivity index (χ0n) is 12.9. The molecule has 1 fully saturated rings. The first-order chi connectivity index (χ1) is 10.6. The first-order valence-electron chi connectivity index (χ1n) is 7.51. The second kappa shape index (κ2) is 6.27. The highest BCUT2D eigenvalue weighted by Gasteiger charge is 2.25. The third kappa shape index (κ3) is 3.51. The van der Waals surface area contributed by atoms with Gasteiger partial charge in [0.25, 0.3) is 0 Å². The second-order valence-corrected chi connectivity index (χ2v) is 5.78. The molecule has 3 heterocycles. The maximum absolute atomic E-state index is 12.1. The Morgan fingerprint density at radius 1 is 1.55 bits per heavy atom. The fourth-order valence-corrected chi connectivity index (χ4v) is 2.82. The van der Waals surface area contributed by atoms with Gasteiger partial charge in [0.05, 0.1) is 6.54 Å². The van der Waals surface area contributed by atoms with Crippen molar-refractivity contribution in [1.82, 2.24) is 29.9 Å². The number of aromatic nitrogens is 5. The molecule has 2 N–H and O–H groups in total. The van der Waals surface area contributed by atoms with Crippen LogP contribution in [0.25, 0.3) is 0 Å². The van der Waals surface area contributed by atoms with Crippen LogP contribution in [0, 0.1) is 6.92 Å². The Labute approximate surface area is 128 Å². The molecule has 2 aromatic heterocycles. The third-order valence-electron chi connectivity index (χ3n) is 3.83. The number of aromatic amines is 1. The van der Waals surface area contributed by atoms with Crippen molar-refractivity contribution in [2.75, 3.05) is 25.0 Å². The number of nitrogens with zero attached hydrogens (tertiary/aromatic N) is 5. The van der Waals surface area contributed by atoms with Gasteiger partial charge in [-0.25, -0.2) is 4.98 Å². The van der Waals surface area contributed by atoms with Crippen LogP contribution < -0.4 is 5.32 Å². The van der Waals surface area contributed by atoms with Crippen molar-refractivity contribution < 1.29 is 4.79 Å². The summed E-state index contributed by atoms with van der Waals surface area (Å²) in [4.78, 5) is 18.7. The van der Waals surface area contributed by atoms with Gasteiger partial charge >= 0.3 is 0 Å². The highest BCUT2D eigenvalue weighted by molar-refractivity contribution is 5.91. The van der Waals surface area contributed by atoms with Gasteiger partial charge in [0, 0.05) is 31.8 Å². The van der Waals surface area contributed by atoms with Gasteiger partial charge in [-0.3, -0.25) is 19.5 Å². The topological polar surface area (TPSA) is 91.7 Å². The zero-order chi connectivity index (χ0) is 15.5. The first-order valence-corrected chi connectivity index (χ1v) is 7.51. The minimum atomic E-state index is -0.0366. The van der Waals surface area contributed by atoms with Crippen molar-refractivity contribution in [2.45, 2.75) is 25.7 Å². The molecule has 8 nitrogen and oxygen atoms in total. The van der Waals surface area contributed by atoms with Crippen molar-refractivity contribution in [3.63, 3.8) is 0 Å². The molecule has 8 heteroatoms. The SMILES string of the molecule is Cc1nc([C@@H]2CCCN(CC(=O)Nc3ccn(C)n3)C2)n[nH]1. The van der Waals surface area contributed by atoms with Crippen LogP contribution in [0.4, 0.5) is 5.82 Å². The Bertz CT molecular complexity index is 647. The Morgan fingerprint density at radius 3 is 3.09 bits per heavy atom. The normalized spacial score (nSPS) is 19.3. The predicted octanol–water partition coefficient (Wildman–Crippen LogP) is 0.665. The number of carbonyl (C=O) groups excluding carboxylic acids is 1. The van der Waals surface area contributed by atoms with Crippen molar-refractivity contribution >= 4 is 11.7 Å². The van der Waals surface area contributed by atoms with E-state index in [-0.39, 0.29) is 5.91 Å². The monoisotopic (exact) mass is 303 g/mol. The van der Waals surface area contributed by atoms with E-state index < -0.39 is 0 Å². The molecule has 1 saturated heterocycles. The molecule has 1 atom stereocenters. The molecule has 3 rings (SSSR count). The summed E-state index contributed by atoms with van der Waals surface area (Å²) in [5.74, 6) is 2.53. The smallest absolute Gasteiger partial charge is 0.239 e. The van der Waals surface area contributed by atoms with E-state index in [9.17, 15) is 4.79 Å². The van der Waals surface area contributed by atoms with Crippen LogP contribution in [0.5, 0.6) is 0 Å². The number of anilines is 1. The summed E-state index contributed by atoms with van der Waals surface area (Å²) in [6, 6.07) is 1.79. The molecule has 1 aliphatic rings. The number of amides is 1. The molecule has 0 bridgehead atoms. The van der Waals surface area contributed by atoms with Gasteiger partial charge in [0.1, 0.15) is 5.82 Å². The molecule has 0 aromatic carbocycles. The largest absolute Gasteiger partial charge is 0.308 e. The fraction of sp³-hybridized carbons (Fsp3) is 0.571. The molecule has 0 unspecified atom stereocenters. The van der Waals surface area contributed by atoms with E-state index in [1.807, 2.05) is 14.0 Å². The molecule has 1 amide bonds. The molecule has 0 aliphatic carbocycles. The summed E-state index contributed by atoms with van der Waals surface area (Å²) in [5.41, 5.74) is 0. The van der Waals surface area contributed by atoms with Gasteiger partial charge in [-0.1, -0.05) is 0 Å². The highest BCUT2D eigenvalue weighted by atomic mass is 16.2. The maximum atomic E-state index is 12.1. The average Bonchev–Trinajstić information content (AvgIpc) is 3.08. The average molecular weight is 303 g/mol. The van der Waals surface area contributed by atoms with Crippen LogP contribution in [-0.4, -0.2) is 55.4 Å². The van der Waals surface area contributed by atoms with Gasteiger partial charge in [-0.05, 0) is 26.3 Å². The van der Waals surface area contributed by atoms with E-state index in [0.717, 1.165) is 37.6 Å². The van der Waals surface area contributed by atoms with E-state index in [4.69, 9.17) is 0 Å². The Kier molecular flexibility index (Phi) is 4.19. The van der Waals surface area contributed by atoms with E-state index in [0.29, 0.717) is 18.3 Å². The number of H-pyrrole nitrogens is 1.